The molecule has 1 aromatic carbocycles. The number of nitrogens with zero attached hydrogens (tertiary/aromatic N) is 6. The van der Waals surface area contributed by atoms with Crippen LogP contribution in [0.3, 0.4) is 0 Å². The predicted octanol–water partition coefficient (Wildman–Crippen LogP) is 2.94. The van der Waals surface area contributed by atoms with Gasteiger partial charge in [0.1, 0.15) is 11.8 Å². The molecule has 1 aliphatic heterocycles. The summed E-state index contributed by atoms with van der Waals surface area (Å²) in [6.45, 7) is 1.42. The lowest BCUT2D eigenvalue weighted by Gasteiger charge is -2.41. The molecular formula is C27H25F2N9O. The van der Waals surface area contributed by atoms with Gasteiger partial charge in [0.15, 0.2) is 23.1 Å². The van der Waals surface area contributed by atoms with Crippen molar-refractivity contribution >= 4 is 22.7 Å². The number of anilines is 2. The first-order chi connectivity index (χ1) is 18.8. The normalized spacial score (nSPS) is 17.6. The molecule has 0 unspecified atom stereocenters. The van der Waals surface area contributed by atoms with Gasteiger partial charge in [0.2, 0.25) is 0 Å². The first-order valence-electron chi connectivity index (χ1n) is 12.4. The number of hydrogen-bond donors (Lipinski definition) is 3. The van der Waals surface area contributed by atoms with Gasteiger partial charge in [-0.15, -0.1) is 0 Å². The van der Waals surface area contributed by atoms with Gasteiger partial charge in [0.05, 0.1) is 36.0 Å². The van der Waals surface area contributed by atoms with Crippen molar-refractivity contribution in [3.05, 3.63) is 94.6 Å². The third-order valence-corrected chi connectivity index (χ3v) is 7.17. The summed E-state index contributed by atoms with van der Waals surface area (Å²) in [4.78, 5) is 34.7. The van der Waals surface area contributed by atoms with Crippen LogP contribution >= 0.6 is 0 Å². The van der Waals surface area contributed by atoms with Crippen LogP contribution in [0.5, 0.6) is 0 Å². The molecule has 5 heterocycles. The Labute approximate surface area is 221 Å². The molecule has 0 radical (unpaired) electrons. The van der Waals surface area contributed by atoms with Crippen LogP contribution in [0, 0.1) is 11.6 Å². The number of rotatable bonds is 5. The number of benzene rings is 1. The Bertz CT molecular complexity index is 1750. The van der Waals surface area contributed by atoms with Gasteiger partial charge in [-0.1, -0.05) is 6.07 Å². The molecule has 0 spiro atoms. The van der Waals surface area contributed by atoms with E-state index < -0.39 is 17.2 Å². The number of H-pyrrole nitrogens is 1. The molecule has 5 aromatic rings. The molecule has 1 saturated heterocycles. The first kappa shape index (κ1) is 24.6. The van der Waals surface area contributed by atoms with Crippen LogP contribution in [0.15, 0.2) is 66.2 Å². The minimum Gasteiger partial charge on any atom is -0.382 e. The number of pyridine rings is 2. The van der Waals surface area contributed by atoms with Crippen molar-refractivity contribution in [3.8, 4) is 11.3 Å². The van der Waals surface area contributed by atoms with Crippen LogP contribution in [0.4, 0.5) is 20.3 Å². The summed E-state index contributed by atoms with van der Waals surface area (Å²) in [5, 5.41) is 0. The van der Waals surface area contributed by atoms with E-state index in [-0.39, 0.29) is 11.4 Å². The van der Waals surface area contributed by atoms with E-state index in [9.17, 15) is 13.6 Å². The molecule has 5 N–H and O–H groups in total. The summed E-state index contributed by atoms with van der Waals surface area (Å²) >= 11 is 0. The van der Waals surface area contributed by atoms with E-state index in [4.69, 9.17) is 11.5 Å². The SMILES string of the molecule is Nc1ncnc2c1ncn2Cc1cc(-c2ccc(F)c(F)c2)ncc1N1CCC[C@](N)(c2ccc[nH]c2=O)C1. The summed E-state index contributed by atoms with van der Waals surface area (Å²) in [6, 6.07) is 9.04. The second kappa shape index (κ2) is 9.55. The second-order valence-corrected chi connectivity index (χ2v) is 9.72. The van der Waals surface area contributed by atoms with Crippen LogP contribution in [0.2, 0.25) is 0 Å². The summed E-state index contributed by atoms with van der Waals surface area (Å²) in [6.07, 6.45) is 7.70. The summed E-state index contributed by atoms with van der Waals surface area (Å²) in [5.41, 5.74) is 15.8. The number of nitrogens with one attached hydrogen (secondary N) is 1. The van der Waals surface area contributed by atoms with Crippen LogP contribution < -0.4 is 21.9 Å². The number of aromatic amines is 1. The third-order valence-electron chi connectivity index (χ3n) is 7.17. The average Bonchev–Trinajstić information content (AvgIpc) is 3.34. The smallest absolute Gasteiger partial charge is 0.253 e. The van der Waals surface area contributed by atoms with Gasteiger partial charge in [0.25, 0.3) is 5.56 Å². The number of piperidine rings is 1. The molecule has 1 atom stereocenters. The zero-order chi connectivity index (χ0) is 27.1. The lowest BCUT2D eigenvalue weighted by Crippen LogP contribution is -2.54. The highest BCUT2D eigenvalue weighted by atomic mass is 19.2. The second-order valence-electron chi connectivity index (χ2n) is 9.72. The average molecular weight is 530 g/mol. The number of fused-ring (bicyclic) bond motifs is 1. The largest absolute Gasteiger partial charge is 0.382 e. The predicted molar refractivity (Wildman–Crippen MR) is 143 cm³/mol. The van der Waals surface area contributed by atoms with Gasteiger partial charge in [-0.3, -0.25) is 9.78 Å². The highest BCUT2D eigenvalue weighted by Gasteiger charge is 2.36. The molecule has 198 valence electrons. The van der Waals surface area contributed by atoms with Crippen molar-refractivity contribution in [1.29, 1.82) is 0 Å². The monoisotopic (exact) mass is 529 g/mol. The van der Waals surface area contributed by atoms with Gasteiger partial charge < -0.3 is 25.9 Å². The third kappa shape index (κ3) is 4.48. The van der Waals surface area contributed by atoms with Gasteiger partial charge in [-0.05, 0) is 48.7 Å². The fourth-order valence-electron chi connectivity index (χ4n) is 5.24. The standard InChI is InChI=1S/C27H25F2N9O/c28-19-5-4-16(9-20(19)29)21-10-17(12-38-15-36-23-24(30)34-14-35-25(23)38)22(11-33-21)37-8-2-6-27(31,13-37)18-3-1-7-32-26(18)39/h1,3-5,7,9-11,14-15H,2,6,8,12-13,31H2,(H,32,39)(H2,30,34,35)/t27-/m1/s1. The van der Waals surface area contributed by atoms with E-state index >= 15 is 0 Å². The topological polar surface area (TPSA) is 145 Å². The van der Waals surface area contributed by atoms with E-state index in [0.717, 1.165) is 29.8 Å². The van der Waals surface area contributed by atoms with Crippen LogP contribution in [-0.4, -0.2) is 42.6 Å². The number of hydrogen-bond acceptors (Lipinski definition) is 8. The van der Waals surface area contributed by atoms with E-state index in [1.54, 1.807) is 30.9 Å². The Morgan fingerprint density at radius 3 is 2.77 bits per heavy atom. The zero-order valence-corrected chi connectivity index (χ0v) is 20.8. The van der Waals surface area contributed by atoms with Crippen LogP contribution in [0.25, 0.3) is 22.4 Å². The number of halogens is 2. The maximum atomic E-state index is 14.0. The molecular weight excluding hydrogens is 504 g/mol. The molecule has 4 aromatic heterocycles. The van der Waals surface area contributed by atoms with Crippen LogP contribution in [-0.2, 0) is 12.1 Å². The first-order valence-corrected chi connectivity index (χ1v) is 12.4. The molecule has 1 fully saturated rings. The van der Waals surface area contributed by atoms with Gasteiger partial charge in [-0.2, -0.15) is 0 Å². The summed E-state index contributed by atoms with van der Waals surface area (Å²) in [5.74, 6) is -1.61. The fraction of sp³-hybridized carbons (Fsp3) is 0.222. The highest BCUT2D eigenvalue weighted by molar-refractivity contribution is 5.81. The molecule has 10 nitrogen and oxygen atoms in total. The van der Waals surface area contributed by atoms with Gasteiger partial charge in [-0.25, -0.2) is 23.7 Å². The number of nitrogen functional groups attached to an aromatic ring is 1. The number of nitrogens with two attached hydrogens (primary N) is 2. The number of aromatic nitrogens is 6. The quantitative estimate of drug-likeness (QED) is 0.315. The Kier molecular flexibility index (Phi) is 6.03. The van der Waals surface area contributed by atoms with Crippen molar-refractivity contribution in [1.82, 2.24) is 29.5 Å². The van der Waals surface area contributed by atoms with E-state index in [1.807, 2.05) is 10.6 Å². The maximum Gasteiger partial charge on any atom is 0.253 e. The van der Waals surface area contributed by atoms with Gasteiger partial charge in [0, 0.05) is 30.4 Å². The fourth-order valence-corrected chi connectivity index (χ4v) is 5.24. The summed E-state index contributed by atoms with van der Waals surface area (Å²) < 4.78 is 29.5. The Morgan fingerprint density at radius 2 is 1.95 bits per heavy atom. The molecule has 12 heteroatoms. The van der Waals surface area contributed by atoms with Crippen molar-refractivity contribution in [2.45, 2.75) is 24.9 Å². The van der Waals surface area contributed by atoms with Crippen molar-refractivity contribution in [2.75, 3.05) is 23.7 Å². The van der Waals surface area contributed by atoms with E-state index in [1.165, 1.54) is 12.4 Å². The van der Waals surface area contributed by atoms with E-state index in [0.29, 0.717) is 54.0 Å². The molecule has 0 amide bonds. The maximum absolute atomic E-state index is 14.0. The van der Waals surface area contributed by atoms with Gasteiger partial charge >= 0.3 is 0 Å². The van der Waals surface area contributed by atoms with E-state index in [2.05, 4.69) is 29.8 Å². The molecule has 0 bridgehead atoms. The number of imidazole rings is 1. The van der Waals surface area contributed by atoms with Crippen molar-refractivity contribution in [3.63, 3.8) is 0 Å². The van der Waals surface area contributed by atoms with Crippen LogP contribution in [0.1, 0.15) is 24.0 Å². The molecule has 39 heavy (non-hydrogen) atoms. The highest BCUT2D eigenvalue weighted by Crippen LogP contribution is 2.34. The summed E-state index contributed by atoms with van der Waals surface area (Å²) in [7, 11) is 0. The Balaban J connectivity index is 1.44. The van der Waals surface area contributed by atoms with Crippen molar-refractivity contribution in [2.24, 2.45) is 5.73 Å². The Hall–Kier alpha value is -4.71. The minimum absolute atomic E-state index is 0.212. The van der Waals surface area contributed by atoms with Crippen molar-refractivity contribution < 1.29 is 8.78 Å². The zero-order valence-electron chi connectivity index (χ0n) is 20.8. The molecule has 0 aliphatic carbocycles. The minimum atomic E-state index is -0.954. The molecule has 6 rings (SSSR count). The lowest BCUT2D eigenvalue weighted by atomic mass is 9.83. The molecule has 0 saturated carbocycles. The lowest BCUT2D eigenvalue weighted by molar-refractivity contribution is 0.350. The molecule has 1 aliphatic rings. The Morgan fingerprint density at radius 1 is 1.08 bits per heavy atom.